The number of nitrogens with one attached hydrogen (secondary N) is 2. The van der Waals surface area contributed by atoms with E-state index in [1.807, 2.05) is 24.3 Å². The van der Waals surface area contributed by atoms with Crippen molar-refractivity contribution in [1.82, 2.24) is 4.98 Å². The standard InChI is InChI=1S/C18H21N3O2S/c1-12-10-21(11-13(2)23-12)15-7-5-14(6-8-15)20-17(22)16-4-3-9-19-18(16)24/h3-9,12-13H,10-11H2,1-2H3,(H,19,24)(H,20,22). The Morgan fingerprint density at radius 1 is 1.21 bits per heavy atom. The highest BCUT2D eigenvalue weighted by Crippen LogP contribution is 2.22. The number of anilines is 2. The molecule has 2 atom stereocenters. The number of morpholine rings is 1. The molecule has 2 N–H and O–H groups in total. The van der Waals surface area contributed by atoms with E-state index in [2.05, 4.69) is 29.0 Å². The molecule has 0 radical (unpaired) electrons. The number of rotatable bonds is 3. The van der Waals surface area contributed by atoms with Crippen LogP contribution in [0.3, 0.4) is 0 Å². The second kappa shape index (κ2) is 7.15. The molecule has 126 valence electrons. The summed E-state index contributed by atoms with van der Waals surface area (Å²) in [7, 11) is 0. The maximum atomic E-state index is 12.3. The fraction of sp³-hybridized carbons (Fsp3) is 0.333. The molecule has 1 aliphatic rings. The van der Waals surface area contributed by atoms with Crippen molar-refractivity contribution in [1.29, 1.82) is 0 Å². The molecule has 1 fully saturated rings. The summed E-state index contributed by atoms with van der Waals surface area (Å²) in [6.45, 7) is 5.91. The van der Waals surface area contributed by atoms with Crippen molar-refractivity contribution in [3.63, 3.8) is 0 Å². The van der Waals surface area contributed by atoms with Gasteiger partial charge in [-0.05, 0) is 50.2 Å². The zero-order valence-electron chi connectivity index (χ0n) is 13.8. The number of aromatic amines is 1. The summed E-state index contributed by atoms with van der Waals surface area (Å²) in [5, 5.41) is 2.88. The van der Waals surface area contributed by atoms with E-state index in [0.717, 1.165) is 24.5 Å². The van der Waals surface area contributed by atoms with Crippen molar-refractivity contribution in [3.05, 3.63) is 52.8 Å². The molecule has 3 rings (SSSR count). The number of aromatic nitrogens is 1. The average molecular weight is 343 g/mol. The largest absolute Gasteiger partial charge is 0.372 e. The minimum Gasteiger partial charge on any atom is -0.372 e. The molecular formula is C18H21N3O2S. The number of carbonyl (C=O) groups excluding carboxylic acids is 1. The van der Waals surface area contributed by atoms with Crippen molar-refractivity contribution in [2.24, 2.45) is 0 Å². The van der Waals surface area contributed by atoms with E-state index in [1.54, 1.807) is 18.3 Å². The van der Waals surface area contributed by atoms with E-state index < -0.39 is 0 Å². The van der Waals surface area contributed by atoms with Gasteiger partial charge in [0.1, 0.15) is 4.64 Å². The highest BCUT2D eigenvalue weighted by molar-refractivity contribution is 7.71. The summed E-state index contributed by atoms with van der Waals surface area (Å²) >= 11 is 5.14. The third kappa shape index (κ3) is 3.83. The second-order valence-electron chi connectivity index (χ2n) is 6.08. The molecule has 0 spiro atoms. The van der Waals surface area contributed by atoms with Gasteiger partial charge in [-0.3, -0.25) is 4.79 Å². The molecule has 1 aliphatic heterocycles. The number of pyridine rings is 1. The molecule has 2 unspecified atom stereocenters. The van der Waals surface area contributed by atoms with Crippen LogP contribution >= 0.6 is 12.2 Å². The van der Waals surface area contributed by atoms with E-state index in [9.17, 15) is 4.79 Å². The predicted octanol–water partition coefficient (Wildman–Crippen LogP) is 3.61. The van der Waals surface area contributed by atoms with Crippen molar-refractivity contribution < 1.29 is 9.53 Å². The highest BCUT2D eigenvalue weighted by Gasteiger charge is 2.22. The smallest absolute Gasteiger partial charge is 0.258 e. The van der Waals surface area contributed by atoms with Crippen LogP contribution in [0.4, 0.5) is 11.4 Å². The van der Waals surface area contributed by atoms with Gasteiger partial charge in [0.15, 0.2) is 0 Å². The number of nitrogens with zero attached hydrogens (tertiary/aromatic N) is 1. The molecule has 1 aromatic carbocycles. The van der Waals surface area contributed by atoms with Crippen LogP contribution in [0.15, 0.2) is 42.6 Å². The molecular weight excluding hydrogens is 322 g/mol. The molecule has 0 aliphatic carbocycles. The van der Waals surface area contributed by atoms with Gasteiger partial charge in [-0.15, -0.1) is 0 Å². The number of ether oxygens (including phenoxy) is 1. The van der Waals surface area contributed by atoms with Crippen LogP contribution in [0.5, 0.6) is 0 Å². The Kier molecular flexibility index (Phi) is 4.97. The SMILES string of the molecule is CC1CN(c2ccc(NC(=O)c3ccc[nH]c3=S)cc2)CC(C)O1. The Balaban J connectivity index is 1.70. The Morgan fingerprint density at radius 3 is 2.50 bits per heavy atom. The molecule has 5 nitrogen and oxygen atoms in total. The lowest BCUT2D eigenvalue weighted by Gasteiger charge is -2.36. The van der Waals surface area contributed by atoms with Crippen molar-refractivity contribution in [2.75, 3.05) is 23.3 Å². The molecule has 1 amide bonds. The van der Waals surface area contributed by atoms with Gasteiger partial charge in [0.25, 0.3) is 5.91 Å². The van der Waals surface area contributed by atoms with Crippen LogP contribution in [-0.2, 0) is 4.74 Å². The zero-order chi connectivity index (χ0) is 17.1. The molecule has 6 heteroatoms. The van der Waals surface area contributed by atoms with Crippen molar-refractivity contribution in [2.45, 2.75) is 26.1 Å². The average Bonchev–Trinajstić information content (AvgIpc) is 2.55. The van der Waals surface area contributed by atoms with E-state index >= 15 is 0 Å². The summed E-state index contributed by atoms with van der Waals surface area (Å²) in [6.07, 6.45) is 2.14. The molecule has 0 bridgehead atoms. The second-order valence-corrected chi connectivity index (χ2v) is 6.48. The Bertz CT molecular complexity index is 762. The first-order valence-corrected chi connectivity index (χ1v) is 8.43. The molecule has 1 saturated heterocycles. The van der Waals surface area contributed by atoms with Gasteiger partial charge < -0.3 is 19.9 Å². The lowest BCUT2D eigenvalue weighted by atomic mass is 10.2. The van der Waals surface area contributed by atoms with E-state index in [-0.39, 0.29) is 18.1 Å². The van der Waals surface area contributed by atoms with Crippen LogP contribution < -0.4 is 10.2 Å². The lowest BCUT2D eigenvalue weighted by molar-refractivity contribution is -0.00521. The van der Waals surface area contributed by atoms with Crippen LogP contribution in [0, 0.1) is 4.64 Å². The summed E-state index contributed by atoms with van der Waals surface area (Å²) < 4.78 is 6.20. The third-order valence-corrected chi connectivity index (χ3v) is 4.31. The van der Waals surface area contributed by atoms with Crippen molar-refractivity contribution in [3.8, 4) is 0 Å². The van der Waals surface area contributed by atoms with Crippen LogP contribution in [0.25, 0.3) is 0 Å². The number of hydrogen-bond donors (Lipinski definition) is 2. The summed E-state index contributed by atoms with van der Waals surface area (Å²) in [5.41, 5.74) is 2.34. The van der Waals surface area contributed by atoms with Crippen LogP contribution in [0.1, 0.15) is 24.2 Å². The number of carbonyl (C=O) groups is 1. The number of amides is 1. The van der Waals surface area contributed by atoms with Crippen molar-refractivity contribution >= 4 is 29.5 Å². The fourth-order valence-corrected chi connectivity index (χ4v) is 3.17. The monoisotopic (exact) mass is 343 g/mol. The van der Waals surface area contributed by atoms with E-state index in [0.29, 0.717) is 10.2 Å². The Labute approximate surface area is 146 Å². The normalized spacial score (nSPS) is 20.7. The molecule has 24 heavy (non-hydrogen) atoms. The van der Waals surface area contributed by atoms with Gasteiger partial charge in [-0.2, -0.15) is 0 Å². The Morgan fingerprint density at radius 2 is 1.88 bits per heavy atom. The quantitative estimate of drug-likeness (QED) is 0.836. The first kappa shape index (κ1) is 16.7. The van der Waals surface area contributed by atoms with E-state index in [1.165, 1.54) is 0 Å². The molecule has 2 aromatic rings. The first-order valence-electron chi connectivity index (χ1n) is 8.02. The van der Waals surface area contributed by atoms with Gasteiger partial charge in [0.2, 0.25) is 0 Å². The van der Waals surface area contributed by atoms with Gasteiger partial charge >= 0.3 is 0 Å². The first-order chi connectivity index (χ1) is 11.5. The summed E-state index contributed by atoms with van der Waals surface area (Å²) in [5.74, 6) is -0.210. The van der Waals surface area contributed by atoms with Gasteiger partial charge in [0, 0.05) is 30.7 Å². The zero-order valence-corrected chi connectivity index (χ0v) is 14.6. The van der Waals surface area contributed by atoms with Gasteiger partial charge in [0.05, 0.1) is 17.8 Å². The fourth-order valence-electron chi connectivity index (χ4n) is 2.94. The summed E-state index contributed by atoms with van der Waals surface area (Å²) in [4.78, 5) is 17.4. The van der Waals surface area contributed by atoms with E-state index in [4.69, 9.17) is 17.0 Å². The highest BCUT2D eigenvalue weighted by atomic mass is 32.1. The summed E-state index contributed by atoms with van der Waals surface area (Å²) in [6, 6.07) is 11.3. The Hall–Kier alpha value is -2.18. The van der Waals surface area contributed by atoms with Crippen LogP contribution in [-0.4, -0.2) is 36.2 Å². The minimum atomic E-state index is -0.210. The molecule has 1 aromatic heterocycles. The number of hydrogen-bond acceptors (Lipinski definition) is 4. The lowest BCUT2D eigenvalue weighted by Crippen LogP contribution is -2.45. The van der Waals surface area contributed by atoms with Gasteiger partial charge in [-0.25, -0.2) is 0 Å². The maximum absolute atomic E-state index is 12.3. The predicted molar refractivity (Wildman–Crippen MR) is 98.2 cm³/mol. The number of H-pyrrole nitrogens is 1. The van der Waals surface area contributed by atoms with Crippen LogP contribution in [0.2, 0.25) is 0 Å². The van der Waals surface area contributed by atoms with Gasteiger partial charge in [-0.1, -0.05) is 12.2 Å². The molecule has 2 heterocycles. The minimum absolute atomic E-state index is 0.210. The topological polar surface area (TPSA) is 57.4 Å². The maximum Gasteiger partial charge on any atom is 0.258 e. The number of benzene rings is 1. The molecule has 0 saturated carbocycles. The third-order valence-electron chi connectivity index (χ3n) is 3.97.